The number of nitriles is 1. The summed E-state index contributed by atoms with van der Waals surface area (Å²) >= 11 is 0. The predicted molar refractivity (Wildman–Crippen MR) is 122 cm³/mol. The first-order valence-corrected chi connectivity index (χ1v) is 11.4. The van der Waals surface area contributed by atoms with Crippen LogP contribution < -0.4 is 0 Å². The molecule has 9 nitrogen and oxygen atoms in total. The summed E-state index contributed by atoms with van der Waals surface area (Å²) in [4.78, 5) is 27.3. The quantitative estimate of drug-likeness (QED) is 0.129. The van der Waals surface area contributed by atoms with E-state index in [2.05, 4.69) is 14.7 Å². The Labute approximate surface area is 194 Å². The van der Waals surface area contributed by atoms with Crippen LogP contribution in [0, 0.1) is 11.5 Å². The number of benzene rings is 1. The van der Waals surface area contributed by atoms with E-state index in [9.17, 15) is 24.9 Å². The maximum atomic E-state index is 10.8. The molecule has 0 aromatic heterocycles. The molecule has 0 unspecified atom stereocenters. The molecule has 0 saturated carbocycles. The van der Waals surface area contributed by atoms with Crippen molar-refractivity contribution in [3.05, 3.63) is 16.7 Å². The van der Waals surface area contributed by atoms with Gasteiger partial charge in [0.15, 0.2) is 0 Å². The summed E-state index contributed by atoms with van der Waals surface area (Å²) in [6.07, 6.45) is 12.4. The summed E-state index contributed by atoms with van der Waals surface area (Å²) in [5, 5.41) is 40.9. The van der Waals surface area contributed by atoms with Gasteiger partial charge in [0.1, 0.15) is 23.9 Å². The van der Waals surface area contributed by atoms with E-state index in [1.165, 1.54) is 12.2 Å². The lowest BCUT2D eigenvalue weighted by atomic mass is 9.91. The summed E-state index contributed by atoms with van der Waals surface area (Å²) in [7, 11) is 0. The zero-order valence-corrected chi connectivity index (χ0v) is 19.0. The topological polar surface area (TPSA) is 153 Å². The molecule has 0 atom stereocenters. The van der Waals surface area contributed by atoms with Crippen LogP contribution in [0.2, 0.25) is 0 Å². The Morgan fingerprint density at radius 1 is 0.636 bits per heavy atom. The average molecular weight is 460 g/mol. The number of carbonyl (C=O) groups excluding carboxylic acids is 2. The lowest BCUT2D eigenvalue weighted by Gasteiger charge is -2.19. The molecule has 0 bridgehead atoms. The monoisotopic (exact) mass is 459 g/mol. The van der Waals surface area contributed by atoms with Gasteiger partial charge in [-0.05, 0) is 64.2 Å². The highest BCUT2D eigenvalue weighted by Crippen LogP contribution is 2.44. The number of ether oxygens (including phenoxy) is 1. The first-order chi connectivity index (χ1) is 16.1. The van der Waals surface area contributed by atoms with E-state index >= 15 is 0 Å². The maximum Gasteiger partial charge on any atom is 0.286 e. The fourth-order valence-corrected chi connectivity index (χ4v) is 3.72. The van der Waals surface area contributed by atoms with Crippen LogP contribution in [0.15, 0.2) is 9.98 Å². The Kier molecular flexibility index (Phi) is 14.5. The number of aliphatic imine (C=N–C) groups is 2. The molecule has 0 heterocycles. The molecule has 0 fully saturated rings. The Morgan fingerprint density at radius 2 is 1.03 bits per heavy atom. The van der Waals surface area contributed by atoms with Gasteiger partial charge < -0.3 is 20.1 Å². The van der Waals surface area contributed by atoms with Crippen molar-refractivity contribution in [1.82, 2.24) is 0 Å². The van der Waals surface area contributed by atoms with Crippen molar-refractivity contribution in [2.45, 2.75) is 77.0 Å². The zero-order valence-electron chi connectivity index (χ0n) is 19.0. The van der Waals surface area contributed by atoms with Gasteiger partial charge in [0.05, 0.1) is 13.1 Å². The molecule has 0 spiro atoms. The van der Waals surface area contributed by atoms with Crippen molar-refractivity contribution >= 4 is 12.2 Å². The van der Waals surface area contributed by atoms with Crippen LogP contribution in [-0.4, -0.2) is 47.2 Å². The smallest absolute Gasteiger partial charge is 0.286 e. The normalized spacial score (nSPS) is 10.2. The largest absolute Gasteiger partial charge is 0.507 e. The molecule has 0 aliphatic rings. The molecular weight excluding hydrogens is 426 g/mol. The Balaban J connectivity index is 2.92. The van der Waals surface area contributed by atoms with Crippen molar-refractivity contribution in [3.63, 3.8) is 0 Å². The molecule has 1 aromatic carbocycles. The van der Waals surface area contributed by atoms with Gasteiger partial charge in [-0.1, -0.05) is 12.8 Å². The first kappa shape index (κ1) is 27.7. The minimum Gasteiger partial charge on any atom is -0.507 e. The third-order valence-corrected chi connectivity index (χ3v) is 5.48. The van der Waals surface area contributed by atoms with Gasteiger partial charge in [-0.3, -0.25) is 0 Å². The summed E-state index contributed by atoms with van der Waals surface area (Å²) in [5.74, 6) is -0.227. The highest BCUT2D eigenvalue weighted by Gasteiger charge is 2.22. The Morgan fingerprint density at radius 3 is 1.39 bits per heavy atom. The van der Waals surface area contributed by atoms with E-state index in [-0.39, 0.29) is 17.2 Å². The molecule has 9 heteroatoms. The standard InChI is InChI=1S/C24H33N3O6/c25-16-33-15-9-3-6-12-21-23(31)19(10-4-1-7-13-26-17-28)22(30)20(24(21)32)11-5-2-8-14-27-18-29/h30-32H,1-15H2. The van der Waals surface area contributed by atoms with Crippen LogP contribution in [0.25, 0.3) is 0 Å². The fraction of sp³-hybridized carbons (Fsp3) is 0.625. The predicted octanol–water partition coefficient (Wildman–Crippen LogP) is 4.11. The minimum absolute atomic E-state index is 0.0757. The molecular formula is C24H33N3O6. The van der Waals surface area contributed by atoms with E-state index in [0.717, 1.165) is 19.3 Å². The third-order valence-electron chi connectivity index (χ3n) is 5.48. The lowest BCUT2D eigenvalue weighted by molar-refractivity contribution is 0.260. The Hall–Kier alpha value is -3.33. The second-order valence-corrected chi connectivity index (χ2v) is 7.80. The molecule has 0 aliphatic heterocycles. The molecule has 0 radical (unpaired) electrons. The average Bonchev–Trinajstić information content (AvgIpc) is 2.81. The highest BCUT2D eigenvalue weighted by atomic mass is 16.5. The number of phenolic OH excluding ortho intramolecular Hbond substituents is 3. The molecule has 0 amide bonds. The number of aromatic hydroxyl groups is 3. The van der Waals surface area contributed by atoms with Crippen molar-refractivity contribution in [3.8, 4) is 23.5 Å². The molecule has 33 heavy (non-hydrogen) atoms. The molecule has 1 aromatic rings. The Bertz CT molecular complexity index is 813. The van der Waals surface area contributed by atoms with Crippen LogP contribution in [-0.2, 0) is 33.6 Å². The van der Waals surface area contributed by atoms with Crippen LogP contribution in [0.3, 0.4) is 0 Å². The van der Waals surface area contributed by atoms with Crippen LogP contribution in [0.5, 0.6) is 17.2 Å². The van der Waals surface area contributed by atoms with Crippen molar-refractivity contribution in [1.29, 1.82) is 5.26 Å². The lowest BCUT2D eigenvalue weighted by Crippen LogP contribution is -2.01. The molecule has 3 N–H and O–H groups in total. The highest BCUT2D eigenvalue weighted by molar-refractivity contribution is 5.61. The number of phenols is 3. The van der Waals surface area contributed by atoms with Crippen molar-refractivity contribution in [2.24, 2.45) is 9.98 Å². The zero-order chi connectivity index (χ0) is 24.3. The van der Waals surface area contributed by atoms with E-state index in [1.54, 1.807) is 6.26 Å². The van der Waals surface area contributed by atoms with E-state index in [0.29, 0.717) is 94.2 Å². The van der Waals surface area contributed by atoms with Gasteiger partial charge in [-0.15, -0.1) is 0 Å². The van der Waals surface area contributed by atoms with Gasteiger partial charge >= 0.3 is 0 Å². The number of isocyanates is 2. The fourth-order valence-electron chi connectivity index (χ4n) is 3.72. The van der Waals surface area contributed by atoms with E-state index < -0.39 is 0 Å². The van der Waals surface area contributed by atoms with Crippen molar-refractivity contribution < 1.29 is 29.6 Å². The van der Waals surface area contributed by atoms with Gasteiger partial charge in [0.25, 0.3) is 6.26 Å². The van der Waals surface area contributed by atoms with Crippen LogP contribution >= 0.6 is 0 Å². The molecule has 180 valence electrons. The number of unbranched alkanes of at least 4 members (excludes halogenated alkanes) is 6. The summed E-state index contributed by atoms with van der Waals surface area (Å²) in [6, 6.07) is 0. The minimum atomic E-state index is -0.0759. The maximum absolute atomic E-state index is 10.8. The number of hydrogen-bond donors (Lipinski definition) is 3. The third kappa shape index (κ3) is 10.2. The number of hydrogen-bond acceptors (Lipinski definition) is 9. The van der Waals surface area contributed by atoms with Crippen LogP contribution in [0.4, 0.5) is 0 Å². The van der Waals surface area contributed by atoms with Gasteiger partial charge in [0.2, 0.25) is 12.2 Å². The number of nitrogens with zero attached hydrogens (tertiary/aromatic N) is 3. The van der Waals surface area contributed by atoms with Gasteiger partial charge in [-0.2, -0.15) is 5.26 Å². The first-order valence-electron chi connectivity index (χ1n) is 11.4. The summed E-state index contributed by atoms with van der Waals surface area (Å²) < 4.78 is 4.66. The van der Waals surface area contributed by atoms with Crippen LogP contribution in [0.1, 0.15) is 74.5 Å². The SMILES string of the molecule is N#COCCCCCc1c(O)c(CCCCCN=C=O)c(O)c(CCCCCN=C=O)c1O. The second-order valence-electron chi connectivity index (χ2n) is 7.80. The number of rotatable bonds is 18. The summed E-state index contributed by atoms with van der Waals surface area (Å²) in [6.45, 7) is 1.14. The molecule has 0 aliphatic carbocycles. The second kappa shape index (κ2) is 17.3. The summed E-state index contributed by atoms with van der Waals surface area (Å²) in [5.41, 5.74) is 1.28. The molecule has 0 saturated heterocycles. The van der Waals surface area contributed by atoms with E-state index in [4.69, 9.17) is 5.26 Å². The van der Waals surface area contributed by atoms with E-state index in [1.807, 2.05) is 0 Å². The van der Waals surface area contributed by atoms with Gasteiger partial charge in [-0.25, -0.2) is 19.6 Å². The molecule has 1 rings (SSSR count). The van der Waals surface area contributed by atoms with Crippen molar-refractivity contribution in [2.75, 3.05) is 19.7 Å². The van der Waals surface area contributed by atoms with Gasteiger partial charge in [0, 0.05) is 16.7 Å².